The number of benzene rings is 1. The molecule has 1 aromatic carbocycles. The van der Waals surface area contributed by atoms with Crippen molar-refractivity contribution in [1.29, 1.82) is 5.26 Å². The van der Waals surface area contributed by atoms with Crippen molar-refractivity contribution in [3.63, 3.8) is 0 Å². The maximum Gasteiger partial charge on any atom is 0.216 e. The molecule has 18 heavy (non-hydrogen) atoms. The molecule has 0 bridgehead atoms. The van der Waals surface area contributed by atoms with Crippen molar-refractivity contribution in [2.24, 2.45) is 0 Å². The van der Waals surface area contributed by atoms with Crippen molar-refractivity contribution in [3.05, 3.63) is 29.3 Å². The average Bonchev–Trinajstić information content (AvgIpc) is 2.81. The minimum absolute atomic E-state index is 0.301. The van der Waals surface area contributed by atoms with E-state index in [-0.39, 0.29) is 0 Å². The summed E-state index contributed by atoms with van der Waals surface area (Å²) in [5, 5.41) is 16.0. The Kier molecular flexibility index (Phi) is 3.69. The van der Waals surface area contributed by atoms with Crippen LogP contribution in [-0.2, 0) is 5.75 Å². The molecule has 0 atom stereocenters. The number of ether oxygens (including phenoxy) is 1. The number of nitrogens with one attached hydrogen (secondary N) is 1. The predicted molar refractivity (Wildman–Crippen MR) is 68.1 cm³/mol. The van der Waals surface area contributed by atoms with Crippen molar-refractivity contribution in [2.75, 3.05) is 12.8 Å². The number of thioether (sulfide) groups is 1. The molecule has 2 rings (SSSR count). The Bertz CT molecular complexity index is 589. The van der Waals surface area contributed by atoms with E-state index >= 15 is 0 Å². The largest absolute Gasteiger partial charge is 0.495 e. The van der Waals surface area contributed by atoms with Crippen LogP contribution >= 0.6 is 11.8 Å². The summed E-state index contributed by atoms with van der Waals surface area (Å²) in [5.74, 6) is 1.55. The van der Waals surface area contributed by atoms with Gasteiger partial charge in [-0.25, -0.2) is 5.10 Å². The van der Waals surface area contributed by atoms with Gasteiger partial charge in [-0.2, -0.15) is 10.2 Å². The smallest absolute Gasteiger partial charge is 0.216 e. The minimum atomic E-state index is 0.301. The highest BCUT2D eigenvalue weighted by Crippen LogP contribution is 2.24. The Labute approximate surface area is 108 Å². The zero-order chi connectivity index (χ0) is 13.0. The zero-order valence-corrected chi connectivity index (χ0v) is 10.5. The quantitative estimate of drug-likeness (QED) is 0.810. The second-order valence-corrected chi connectivity index (χ2v) is 4.38. The molecule has 7 heteroatoms. The van der Waals surface area contributed by atoms with Gasteiger partial charge in [0.1, 0.15) is 11.8 Å². The lowest BCUT2D eigenvalue weighted by molar-refractivity contribution is 0.413. The topological polar surface area (TPSA) is 101 Å². The molecule has 0 aliphatic heterocycles. The lowest BCUT2D eigenvalue weighted by Crippen LogP contribution is -1.90. The summed E-state index contributed by atoms with van der Waals surface area (Å²) < 4.78 is 5.14. The summed E-state index contributed by atoms with van der Waals surface area (Å²) in [4.78, 5) is 3.99. The number of anilines is 1. The van der Waals surface area contributed by atoms with Gasteiger partial charge in [-0.15, -0.1) is 5.10 Å². The van der Waals surface area contributed by atoms with Crippen LogP contribution in [0.3, 0.4) is 0 Å². The second-order valence-electron chi connectivity index (χ2n) is 3.44. The van der Waals surface area contributed by atoms with Crippen LogP contribution in [0.25, 0.3) is 0 Å². The molecule has 0 aliphatic carbocycles. The minimum Gasteiger partial charge on any atom is -0.495 e. The van der Waals surface area contributed by atoms with Gasteiger partial charge in [0.25, 0.3) is 0 Å². The maximum absolute atomic E-state index is 8.88. The van der Waals surface area contributed by atoms with Crippen molar-refractivity contribution in [2.45, 2.75) is 10.9 Å². The van der Waals surface area contributed by atoms with E-state index in [0.29, 0.717) is 28.2 Å². The highest BCUT2D eigenvalue weighted by molar-refractivity contribution is 7.98. The number of nitrogens with zero attached hydrogens (tertiary/aromatic N) is 3. The number of nitriles is 1. The second kappa shape index (κ2) is 5.42. The van der Waals surface area contributed by atoms with Gasteiger partial charge in [-0.3, -0.25) is 0 Å². The molecule has 1 aromatic heterocycles. The number of aromatic nitrogens is 3. The number of rotatable bonds is 4. The third-order valence-corrected chi connectivity index (χ3v) is 3.15. The van der Waals surface area contributed by atoms with E-state index in [9.17, 15) is 0 Å². The van der Waals surface area contributed by atoms with Gasteiger partial charge < -0.3 is 10.5 Å². The molecule has 0 saturated carbocycles. The molecule has 1 heterocycles. The number of aromatic amines is 1. The van der Waals surface area contributed by atoms with Gasteiger partial charge in [0.15, 0.2) is 0 Å². The standard InChI is InChI=1S/C11H11N5OS/c1-17-9-4-7(2-3-8(9)5-12)6-18-11-14-10(13)15-16-11/h2-4H,6H2,1H3,(H3,13,14,15,16). The summed E-state index contributed by atoms with van der Waals surface area (Å²) in [6, 6.07) is 7.52. The molecule has 92 valence electrons. The molecule has 0 unspecified atom stereocenters. The fourth-order valence-corrected chi connectivity index (χ4v) is 2.14. The number of methoxy groups -OCH3 is 1. The molecular weight excluding hydrogens is 250 g/mol. The Morgan fingerprint density at radius 1 is 1.56 bits per heavy atom. The van der Waals surface area contributed by atoms with Gasteiger partial charge in [-0.1, -0.05) is 17.8 Å². The Balaban J connectivity index is 2.08. The normalized spacial score (nSPS) is 10.0. The molecule has 3 N–H and O–H groups in total. The van der Waals surface area contributed by atoms with Crippen molar-refractivity contribution in [1.82, 2.24) is 15.2 Å². The lowest BCUT2D eigenvalue weighted by Gasteiger charge is -2.05. The third kappa shape index (κ3) is 2.73. The van der Waals surface area contributed by atoms with Gasteiger partial charge in [-0.05, 0) is 17.7 Å². The molecule has 0 spiro atoms. The summed E-state index contributed by atoms with van der Waals surface area (Å²) in [7, 11) is 1.54. The summed E-state index contributed by atoms with van der Waals surface area (Å²) >= 11 is 1.46. The Hall–Kier alpha value is -2.20. The van der Waals surface area contributed by atoms with Crippen LogP contribution in [0.15, 0.2) is 23.4 Å². The van der Waals surface area contributed by atoms with Gasteiger partial charge in [0, 0.05) is 5.75 Å². The SMILES string of the molecule is COc1cc(CSc2n[nH]c(N)n2)ccc1C#N. The fraction of sp³-hybridized carbons (Fsp3) is 0.182. The molecule has 0 aliphatic rings. The molecule has 0 fully saturated rings. The van der Waals surface area contributed by atoms with Crippen LogP contribution in [0.5, 0.6) is 5.75 Å². The number of H-pyrrole nitrogens is 1. The first-order valence-corrected chi connectivity index (χ1v) is 6.09. The highest BCUT2D eigenvalue weighted by atomic mass is 32.2. The van der Waals surface area contributed by atoms with Crippen LogP contribution in [0.4, 0.5) is 5.95 Å². The van der Waals surface area contributed by atoms with Gasteiger partial charge >= 0.3 is 0 Å². The van der Waals surface area contributed by atoms with E-state index in [1.165, 1.54) is 11.8 Å². The lowest BCUT2D eigenvalue weighted by atomic mass is 10.1. The van der Waals surface area contributed by atoms with E-state index < -0.39 is 0 Å². The molecular formula is C11H11N5OS. The van der Waals surface area contributed by atoms with Crippen molar-refractivity contribution >= 4 is 17.7 Å². The van der Waals surface area contributed by atoms with Crippen molar-refractivity contribution < 1.29 is 4.74 Å². The van der Waals surface area contributed by atoms with Crippen LogP contribution in [0.1, 0.15) is 11.1 Å². The zero-order valence-electron chi connectivity index (χ0n) is 9.67. The average molecular weight is 261 g/mol. The summed E-state index contributed by atoms with van der Waals surface area (Å²) in [5.41, 5.74) is 6.98. The first kappa shape index (κ1) is 12.3. The van der Waals surface area contributed by atoms with E-state index in [0.717, 1.165) is 5.56 Å². The molecule has 2 aromatic rings. The fourth-order valence-electron chi connectivity index (χ4n) is 1.39. The maximum atomic E-state index is 8.88. The van der Waals surface area contributed by atoms with Crippen LogP contribution in [0.2, 0.25) is 0 Å². The van der Waals surface area contributed by atoms with Crippen LogP contribution in [-0.4, -0.2) is 22.3 Å². The summed E-state index contributed by atoms with van der Waals surface area (Å²) in [6.45, 7) is 0. The van der Waals surface area contributed by atoms with Crippen LogP contribution < -0.4 is 10.5 Å². The van der Waals surface area contributed by atoms with Crippen molar-refractivity contribution in [3.8, 4) is 11.8 Å². The Morgan fingerprint density at radius 3 is 3.00 bits per heavy atom. The van der Waals surface area contributed by atoms with Gasteiger partial charge in [0.2, 0.25) is 11.1 Å². The van der Waals surface area contributed by atoms with E-state index in [1.54, 1.807) is 13.2 Å². The molecule has 0 amide bonds. The number of nitrogens with two attached hydrogens (primary N) is 1. The van der Waals surface area contributed by atoms with Gasteiger partial charge in [0.05, 0.1) is 12.7 Å². The van der Waals surface area contributed by atoms with E-state index in [4.69, 9.17) is 15.7 Å². The molecule has 0 radical (unpaired) electrons. The first-order valence-electron chi connectivity index (χ1n) is 5.10. The summed E-state index contributed by atoms with van der Waals surface area (Å²) in [6.07, 6.45) is 0. The first-order chi connectivity index (χ1) is 8.72. The predicted octanol–water partition coefficient (Wildman–Crippen LogP) is 1.56. The number of nitrogen functional groups attached to an aromatic ring is 1. The van der Waals surface area contributed by atoms with Crippen LogP contribution in [0, 0.1) is 11.3 Å². The Morgan fingerprint density at radius 2 is 2.39 bits per heavy atom. The number of hydrogen-bond donors (Lipinski definition) is 2. The highest BCUT2D eigenvalue weighted by Gasteiger charge is 2.06. The molecule has 0 saturated heterocycles. The van der Waals surface area contributed by atoms with E-state index in [2.05, 4.69) is 21.3 Å². The van der Waals surface area contributed by atoms with E-state index in [1.807, 2.05) is 12.1 Å². The molecule has 6 nitrogen and oxygen atoms in total. The number of hydrogen-bond acceptors (Lipinski definition) is 6. The third-order valence-electron chi connectivity index (χ3n) is 2.24. The monoisotopic (exact) mass is 261 g/mol.